The van der Waals surface area contributed by atoms with Crippen LogP contribution in [-0.2, 0) is 16.1 Å². The number of nitrogens with zero attached hydrogens (tertiary/aromatic N) is 1. The standard InChI is InChI=1S/C29H29FN2O5/c1-19-5-11-24(14-20(19)2)36-17-26(33)22-8-12-27-25(15-22)32(29(35)18-37-27)13-3-4-28(34)31-16-21-6-9-23(30)10-7-21/h5-12,14-15H,3-4,13,16-18H2,1-2H3,(H,31,34). The van der Waals surface area contributed by atoms with Gasteiger partial charge in [0.1, 0.15) is 17.3 Å². The molecule has 0 unspecified atom stereocenters. The minimum absolute atomic E-state index is 0.104. The Labute approximate surface area is 215 Å². The van der Waals surface area contributed by atoms with Crippen LogP contribution in [0, 0.1) is 19.7 Å². The second-order valence-corrected chi connectivity index (χ2v) is 8.98. The summed E-state index contributed by atoms with van der Waals surface area (Å²) in [5, 5.41) is 2.80. The summed E-state index contributed by atoms with van der Waals surface area (Å²) in [6, 6.07) is 16.5. The summed E-state index contributed by atoms with van der Waals surface area (Å²) in [6.45, 7) is 4.35. The molecule has 3 aromatic carbocycles. The van der Waals surface area contributed by atoms with E-state index in [1.54, 1.807) is 35.2 Å². The van der Waals surface area contributed by atoms with Crippen LogP contribution in [0.3, 0.4) is 0 Å². The highest BCUT2D eigenvalue weighted by Gasteiger charge is 2.26. The number of benzene rings is 3. The molecule has 4 rings (SSSR count). The second-order valence-electron chi connectivity index (χ2n) is 8.98. The lowest BCUT2D eigenvalue weighted by Gasteiger charge is -2.29. The number of fused-ring (bicyclic) bond motifs is 1. The van der Waals surface area contributed by atoms with Crippen molar-refractivity contribution in [3.63, 3.8) is 0 Å². The number of ketones is 1. The number of hydrogen-bond donors (Lipinski definition) is 1. The van der Waals surface area contributed by atoms with Crippen LogP contribution in [0.1, 0.15) is 39.9 Å². The van der Waals surface area contributed by atoms with Gasteiger partial charge in [-0.3, -0.25) is 14.4 Å². The number of Topliss-reactive ketones (excluding diaryl/α,β-unsaturated/α-hetero) is 1. The summed E-state index contributed by atoms with van der Waals surface area (Å²) in [4.78, 5) is 39.2. The smallest absolute Gasteiger partial charge is 0.265 e. The predicted molar refractivity (Wildman–Crippen MR) is 138 cm³/mol. The summed E-state index contributed by atoms with van der Waals surface area (Å²) in [6.07, 6.45) is 0.637. The zero-order valence-corrected chi connectivity index (χ0v) is 20.9. The molecule has 0 fully saturated rings. The van der Waals surface area contributed by atoms with E-state index < -0.39 is 0 Å². The van der Waals surface area contributed by atoms with Gasteiger partial charge < -0.3 is 19.7 Å². The molecule has 0 radical (unpaired) electrons. The molecular weight excluding hydrogens is 475 g/mol. The maximum Gasteiger partial charge on any atom is 0.265 e. The highest BCUT2D eigenvalue weighted by Crippen LogP contribution is 2.33. The molecule has 37 heavy (non-hydrogen) atoms. The predicted octanol–water partition coefficient (Wildman–Crippen LogP) is 4.53. The van der Waals surface area contributed by atoms with Gasteiger partial charge in [0.05, 0.1) is 5.69 Å². The Hall–Kier alpha value is -4.20. The van der Waals surface area contributed by atoms with Crippen LogP contribution in [-0.4, -0.2) is 37.4 Å². The molecule has 0 saturated heterocycles. The molecule has 0 atom stereocenters. The topological polar surface area (TPSA) is 84.9 Å². The Balaban J connectivity index is 1.34. The number of carbonyl (C=O) groups excluding carboxylic acids is 3. The van der Waals surface area contributed by atoms with Crippen molar-refractivity contribution in [3.05, 3.63) is 88.7 Å². The summed E-state index contributed by atoms with van der Waals surface area (Å²) in [5.74, 6) is 0.163. The third-order valence-corrected chi connectivity index (χ3v) is 6.26. The fraction of sp³-hybridized carbons (Fsp3) is 0.276. The van der Waals surface area contributed by atoms with Gasteiger partial charge in [-0.1, -0.05) is 18.2 Å². The van der Waals surface area contributed by atoms with Gasteiger partial charge in [-0.15, -0.1) is 0 Å². The van der Waals surface area contributed by atoms with Gasteiger partial charge >= 0.3 is 0 Å². The van der Waals surface area contributed by atoms with Crippen LogP contribution in [0.2, 0.25) is 0 Å². The van der Waals surface area contributed by atoms with E-state index in [0.717, 1.165) is 16.7 Å². The monoisotopic (exact) mass is 504 g/mol. The summed E-state index contributed by atoms with van der Waals surface area (Å²) in [7, 11) is 0. The quantitative estimate of drug-likeness (QED) is 0.410. The first-order chi connectivity index (χ1) is 17.8. The highest BCUT2D eigenvalue weighted by molar-refractivity contribution is 6.02. The Bertz CT molecular complexity index is 1310. The van der Waals surface area contributed by atoms with Crippen molar-refractivity contribution >= 4 is 23.3 Å². The molecule has 1 N–H and O–H groups in total. The molecule has 1 aliphatic heterocycles. The summed E-state index contributed by atoms with van der Waals surface area (Å²) < 4.78 is 24.2. The van der Waals surface area contributed by atoms with Gasteiger partial charge in [0.15, 0.2) is 19.0 Å². The number of nitrogens with one attached hydrogen (secondary N) is 1. The molecule has 1 aliphatic rings. The first kappa shape index (κ1) is 25.9. The third kappa shape index (κ3) is 6.73. The van der Waals surface area contributed by atoms with Crippen molar-refractivity contribution in [1.29, 1.82) is 0 Å². The van der Waals surface area contributed by atoms with Crippen LogP contribution in [0.4, 0.5) is 10.1 Å². The zero-order chi connectivity index (χ0) is 26.4. The van der Waals surface area contributed by atoms with E-state index in [2.05, 4.69) is 5.32 Å². The molecule has 0 aliphatic carbocycles. The minimum Gasteiger partial charge on any atom is -0.485 e. The fourth-order valence-corrected chi connectivity index (χ4v) is 3.95. The van der Waals surface area contributed by atoms with E-state index >= 15 is 0 Å². The van der Waals surface area contributed by atoms with Gasteiger partial charge in [-0.25, -0.2) is 4.39 Å². The molecule has 3 aromatic rings. The van der Waals surface area contributed by atoms with Gasteiger partial charge in [0.25, 0.3) is 5.91 Å². The first-order valence-electron chi connectivity index (χ1n) is 12.1. The average Bonchev–Trinajstić information content (AvgIpc) is 2.89. The number of aryl methyl sites for hydroxylation is 2. The summed E-state index contributed by atoms with van der Waals surface area (Å²) in [5.41, 5.74) is 3.92. The van der Waals surface area contributed by atoms with Gasteiger partial charge in [0, 0.05) is 25.1 Å². The van der Waals surface area contributed by atoms with Gasteiger partial charge in [-0.2, -0.15) is 0 Å². The molecule has 0 aromatic heterocycles. The van der Waals surface area contributed by atoms with E-state index in [-0.39, 0.29) is 43.0 Å². The molecule has 7 nitrogen and oxygen atoms in total. The van der Waals surface area contributed by atoms with Crippen molar-refractivity contribution in [2.24, 2.45) is 0 Å². The molecular formula is C29H29FN2O5. The second kappa shape index (κ2) is 11.7. The number of rotatable bonds is 10. The zero-order valence-electron chi connectivity index (χ0n) is 20.9. The van der Waals surface area contributed by atoms with Gasteiger partial charge in [-0.05, 0) is 79.4 Å². The van der Waals surface area contributed by atoms with E-state index in [4.69, 9.17) is 9.47 Å². The molecule has 0 bridgehead atoms. The molecule has 192 valence electrons. The third-order valence-electron chi connectivity index (χ3n) is 6.26. The minimum atomic E-state index is -0.329. The van der Waals surface area contributed by atoms with Crippen LogP contribution in [0.25, 0.3) is 0 Å². The lowest BCUT2D eigenvalue weighted by Crippen LogP contribution is -2.40. The summed E-state index contributed by atoms with van der Waals surface area (Å²) >= 11 is 0. The molecule has 2 amide bonds. The largest absolute Gasteiger partial charge is 0.485 e. The van der Waals surface area contributed by atoms with Crippen LogP contribution in [0.5, 0.6) is 11.5 Å². The number of halogens is 1. The Morgan fingerprint density at radius 1 is 1.03 bits per heavy atom. The van der Waals surface area contributed by atoms with Crippen molar-refractivity contribution in [2.45, 2.75) is 33.2 Å². The normalized spacial score (nSPS) is 12.5. The van der Waals surface area contributed by atoms with E-state index in [9.17, 15) is 18.8 Å². The van der Waals surface area contributed by atoms with Crippen molar-refractivity contribution in [3.8, 4) is 11.5 Å². The van der Waals surface area contributed by atoms with Crippen LogP contribution < -0.4 is 19.7 Å². The number of amides is 2. The Kier molecular flexibility index (Phi) is 8.18. The Morgan fingerprint density at radius 3 is 2.57 bits per heavy atom. The molecule has 0 saturated carbocycles. The van der Waals surface area contributed by atoms with Crippen LogP contribution >= 0.6 is 0 Å². The lowest BCUT2D eigenvalue weighted by atomic mass is 10.1. The maximum absolute atomic E-state index is 13.0. The van der Waals surface area contributed by atoms with Crippen molar-refractivity contribution in [1.82, 2.24) is 5.32 Å². The van der Waals surface area contributed by atoms with Crippen molar-refractivity contribution < 1.29 is 28.2 Å². The average molecular weight is 505 g/mol. The SMILES string of the molecule is Cc1ccc(OCC(=O)c2ccc3c(c2)N(CCCC(=O)NCc2ccc(F)cc2)C(=O)CO3)cc1C. The van der Waals surface area contributed by atoms with Crippen molar-refractivity contribution in [2.75, 3.05) is 24.7 Å². The van der Waals surface area contributed by atoms with E-state index in [0.29, 0.717) is 42.3 Å². The number of hydrogen-bond acceptors (Lipinski definition) is 5. The van der Waals surface area contributed by atoms with Gasteiger partial charge in [0.2, 0.25) is 5.91 Å². The van der Waals surface area contributed by atoms with Crippen LogP contribution in [0.15, 0.2) is 60.7 Å². The Morgan fingerprint density at radius 2 is 1.81 bits per heavy atom. The molecule has 1 heterocycles. The first-order valence-corrected chi connectivity index (χ1v) is 12.1. The number of ether oxygens (including phenoxy) is 2. The maximum atomic E-state index is 13.0. The van der Waals surface area contributed by atoms with E-state index in [1.807, 2.05) is 32.0 Å². The van der Waals surface area contributed by atoms with E-state index in [1.165, 1.54) is 12.1 Å². The number of carbonyl (C=O) groups is 3. The highest BCUT2D eigenvalue weighted by atomic mass is 19.1. The molecule has 0 spiro atoms. The lowest BCUT2D eigenvalue weighted by molar-refractivity contribution is -0.123. The fourth-order valence-electron chi connectivity index (χ4n) is 3.95. The number of anilines is 1. The molecule has 8 heteroatoms.